The van der Waals surface area contributed by atoms with Crippen LogP contribution in [0.5, 0.6) is 0 Å². The molecule has 5 heteroatoms. The first-order chi connectivity index (χ1) is 8.35. The minimum Gasteiger partial charge on any atom is -0.330 e. The van der Waals surface area contributed by atoms with Crippen LogP contribution >= 0.6 is 23.2 Å². The summed E-state index contributed by atoms with van der Waals surface area (Å²) in [5, 5.41) is 0.937. The minimum absolute atomic E-state index is 0.113. The van der Waals surface area contributed by atoms with Gasteiger partial charge in [-0.3, -0.25) is 4.21 Å². The molecular weight excluding hydrogens is 289 g/mol. The Kier molecular flexibility index (Phi) is 6.12. The molecule has 0 radical (unpaired) electrons. The number of hydrogen-bond acceptors (Lipinski definition) is 2. The summed E-state index contributed by atoms with van der Waals surface area (Å²) in [5.74, 6) is 0.626. The molecule has 1 atom stereocenters. The molecule has 0 aliphatic heterocycles. The topological polar surface area (TPSA) is 43.1 Å². The smallest absolute Gasteiger partial charge is 0.0604 e. The van der Waals surface area contributed by atoms with E-state index in [4.69, 9.17) is 28.9 Å². The Balaban J connectivity index is 2.53. The average molecular weight is 308 g/mol. The van der Waals surface area contributed by atoms with Crippen molar-refractivity contribution in [2.45, 2.75) is 31.6 Å². The third-order valence-corrected chi connectivity index (χ3v) is 5.07. The summed E-state index contributed by atoms with van der Waals surface area (Å²) < 4.78 is 12.1. The van der Waals surface area contributed by atoms with Crippen molar-refractivity contribution in [1.29, 1.82) is 0 Å². The normalized spacial score (nSPS) is 13.6. The van der Waals surface area contributed by atoms with E-state index < -0.39 is 10.8 Å². The third-order valence-electron chi connectivity index (χ3n) is 2.89. The zero-order valence-electron chi connectivity index (χ0n) is 10.7. The largest absolute Gasteiger partial charge is 0.330 e. The van der Waals surface area contributed by atoms with E-state index in [1.165, 1.54) is 0 Å². The van der Waals surface area contributed by atoms with Gasteiger partial charge >= 0.3 is 0 Å². The van der Waals surface area contributed by atoms with Crippen LogP contribution in [0.4, 0.5) is 0 Å². The maximum absolute atomic E-state index is 12.1. The molecule has 2 nitrogen and oxygen atoms in total. The molecule has 0 aliphatic rings. The Morgan fingerprint density at radius 3 is 2.50 bits per heavy atom. The second-order valence-electron chi connectivity index (χ2n) is 5.10. The first-order valence-corrected chi connectivity index (χ1v) is 7.97. The molecule has 1 aromatic rings. The molecule has 0 bridgehead atoms. The van der Waals surface area contributed by atoms with E-state index in [0.717, 1.165) is 17.7 Å². The van der Waals surface area contributed by atoms with Crippen LogP contribution in [0, 0.1) is 5.41 Å². The van der Waals surface area contributed by atoms with Crippen molar-refractivity contribution in [3.8, 4) is 0 Å². The standard InChI is InChI=1S/C13H19Cl2NOS/c1-13(2,9-16)6-3-7-18(17)10-4-5-11(14)12(15)8-10/h4-5,8H,3,6-7,9,16H2,1-2H3. The van der Waals surface area contributed by atoms with E-state index in [1.54, 1.807) is 18.2 Å². The van der Waals surface area contributed by atoms with E-state index in [1.807, 2.05) is 0 Å². The maximum atomic E-state index is 12.1. The number of benzene rings is 1. The number of hydrogen-bond donors (Lipinski definition) is 1. The van der Waals surface area contributed by atoms with Crippen LogP contribution in [0.2, 0.25) is 10.0 Å². The quantitative estimate of drug-likeness (QED) is 0.867. The first-order valence-electron chi connectivity index (χ1n) is 5.89. The number of halogens is 2. The van der Waals surface area contributed by atoms with Crippen molar-refractivity contribution in [1.82, 2.24) is 0 Å². The fourth-order valence-electron chi connectivity index (χ4n) is 1.52. The molecule has 0 aliphatic carbocycles. The molecule has 102 valence electrons. The molecule has 2 N–H and O–H groups in total. The fraction of sp³-hybridized carbons (Fsp3) is 0.538. The van der Waals surface area contributed by atoms with Crippen LogP contribution in [0.25, 0.3) is 0 Å². The van der Waals surface area contributed by atoms with Crippen molar-refractivity contribution in [3.63, 3.8) is 0 Å². The van der Waals surface area contributed by atoms with Crippen LogP contribution in [-0.2, 0) is 10.8 Å². The van der Waals surface area contributed by atoms with Crippen LogP contribution in [0.15, 0.2) is 23.1 Å². The molecule has 0 saturated carbocycles. The Morgan fingerprint density at radius 2 is 1.94 bits per heavy atom. The lowest BCUT2D eigenvalue weighted by atomic mass is 9.88. The summed E-state index contributed by atoms with van der Waals surface area (Å²) in [7, 11) is -1.02. The summed E-state index contributed by atoms with van der Waals surface area (Å²) >= 11 is 11.7. The van der Waals surface area contributed by atoms with Gasteiger partial charge in [0, 0.05) is 10.6 Å². The Morgan fingerprint density at radius 1 is 1.28 bits per heavy atom. The van der Waals surface area contributed by atoms with Crippen LogP contribution in [0.1, 0.15) is 26.7 Å². The van der Waals surface area contributed by atoms with Gasteiger partial charge in [0.1, 0.15) is 0 Å². The molecule has 1 aromatic carbocycles. The van der Waals surface area contributed by atoms with Gasteiger partial charge in [0.25, 0.3) is 0 Å². The molecule has 18 heavy (non-hydrogen) atoms. The van der Waals surface area contributed by atoms with Gasteiger partial charge in [0.15, 0.2) is 0 Å². The van der Waals surface area contributed by atoms with Gasteiger partial charge in [0.2, 0.25) is 0 Å². The van der Waals surface area contributed by atoms with Crippen molar-refractivity contribution in [2.24, 2.45) is 11.1 Å². The minimum atomic E-state index is -1.02. The van der Waals surface area contributed by atoms with Gasteiger partial charge in [-0.2, -0.15) is 0 Å². The zero-order valence-corrected chi connectivity index (χ0v) is 13.0. The number of nitrogens with two attached hydrogens (primary N) is 1. The zero-order chi connectivity index (χ0) is 13.8. The summed E-state index contributed by atoms with van der Waals surface area (Å²) in [5.41, 5.74) is 5.78. The van der Waals surface area contributed by atoms with Gasteiger partial charge in [0.05, 0.1) is 20.8 Å². The van der Waals surface area contributed by atoms with Crippen LogP contribution < -0.4 is 5.73 Å². The molecular formula is C13H19Cl2NOS. The highest BCUT2D eigenvalue weighted by molar-refractivity contribution is 7.85. The van der Waals surface area contributed by atoms with E-state index in [9.17, 15) is 4.21 Å². The van der Waals surface area contributed by atoms with Crippen LogP contribution in [0.3, 0.4) is 0 Å². The Labute approximate surface area is 121 Å². The highest BCUT2D eigenvalue weighted by atomic mass is 35.5. The summed E-state index contributed by atoms with van der Waals surface area (Å²) in [4.78, 5) is 0.731. The first kappa shape index (κ1) is 16.0. The Hall–Kier alpha value is -0.0900. The SMILES string of the molecule is CC(C)(CN)CCCS(=O)c1ccc(Cl)c(Cl)c1. The van der Waals surface area contributed by atoms with Gasteiger partial charge in [-0.05, 0) is 43.0 Å². The Bertz CT molecular complexity index is 435. The van der Waals surface area contributed by atoms with Crippen molar-refractivity contribution >= 4 is 34.0 Å². The van der Waals surface area contributed by atoms with Crippen molar-refractivity contribution in [3.05, 3.63) is 28.2 Å². The van der Waals surface area contributed by atoms with Crippen molar-refractivity contribution < 1.29 is 4.21 Å². The number of rotatable bonds is 6. The highest BCUT2D eigenvalue weighted by Crippen LogP contribution is 2.25. The van der Waals surface area contributed by atoms with E-state index in [-0.39, 0.29) is 5.41 Å². The van der Waals surface area contributed by atoms with E-state index >= 15 is 0 Å². The van der Waals surface area contributed by atoms with Gasteiger partial charge < -0.3 is 5.73 Å². The predicted molar refractivity (Wildman–Crippen MR) is 79.8 cm³/mol. The van der Waals surface area contributed by atoms with E-state index in [2.05, 4.69) is 13.8 Å². The van der Waals surface area contributed by atoms with Crippen LogP contribution in [-0.4, -0.2) is 16.5 Å². The molecule has 0 saturated heterocycles. The summed E-state index contributed by atoms with van der Waals surface area (Å²) in [6.45, 7) is 4.89. The lowest BCUT2D eigenvalue weighted by Crippen LogP contribution is -2.23. The second-order valence-corrected chi connectivity index (χ2v) is 7.48. The molecule has 1 unspecified atom stereocenters. The second kappa shape index (κ2) is 6.90. The van der Waals surface area contributed by atoms with Crippen molar-refractivity contribution in [2.75, 3.05) is 12.3 Å². The fourth-order valence-corrected chi connectivity index (χ4v) is 2.99. The molecule has 0 amide bonds. The maximum Gasteiger partial charge on any atom is 0.0604 e. The summed E-state index contributed by atoms with van der Waals surface area (Å²) in [6, 6.07) is 5.12. The van der Waals surface area contributed by atoms with Gasteiger partial charge in [-0.15, -0.1) is 0 Å². The lowest BCUT2D eigenvalue weighted by molar-refractivity contribution is 0.344. The van der Waals surface area contributed by atoms with E-state index in [0.29, 0.717) is 22.3 Å². The highest BCUT2D eigenvalue weighted by Gasteiger charge is 2.16. The predicted octanol–water partition coefficient (Wildman–Crippen LogP) is 3.87. The summed E-state index contributed by atoms with van der Waals surface area (Å²) in [6.07, 6.45) is 1.85. The molecule has 0 aromatic heterocycles. The molecule has 1 rings (SSSR count). The monoisotopic (exact) mass is 307 g/mol. The van der Waals surface area contributed by atoms with Gasteiger partial charge in [-0.1, -0.05) is 37.0 Å². The third kappa shape index (κ3) is 4.88. The molecule has 0 heterocycles. The van der Waals surface area contributed by atoms with Gasteiger partial charge in [-0.25, -0.2) is 0 Å². The molecule has 0 fully saturated rings. The molecule has 0 spiro atoms. The lowest BCUT2D eigenvalue weighted by Gasteiger charge is -2.21. The average Bonchev–Trinajstić information content (AvgIpc) is 2.32.